The Bertz CT molecular complexity index is 1150. The summed E-state index contributed by atoms with van der Waals surface area (Å²) >= 11 is 0. The molecule has 0 radical (unpaired) electrons. The molecule has 0 bridgehead atoms. The third kappa shape index (κ3) is 6.45. The van der Waals surface area contributed by atoms with Gasteiger partial charge in [0, 0.05) is 0 Å². The summed E-state index contributed by atoms with van der Waals surface area (Å²) < 4.78 is 51.6. The second kappa shape index (κ2) is 10.8. The van der Waals surface area contributed by atoms with Crippen LogP contribution in [0.5, 0.6) is 11.5 Å². The van der Waals surface area contributed by atoms with Crippen molar-refractivity contribution in [2.75, 3.05) is 24.6 Å². The highest BCUT2D eigenvalue weighted by Crippen LogP contribution is 2.24. The number of carbonyl (C=O) groups excluding carboxylic acids is 1. The van der Waals surface area contributed by atoms with Crippen molar-refractivity contribution in [1.29, 1.82) is 0 Å². The maximum Gasteiger partial charge on any atom is 0.264 e. The Labute approximate surface area is 192 Å². The number of rotatable bonds is 10. The van der Waals surface area contributed by atoms with Crippen molar-refractivity contribution < 1.29 is 27.1 Å². The SMILES string of the molecule is COc1ccc(OCC(C)NC(=O)CN(c2ccc(F)cc2)S(=O)(=O)c2ccccc2)cc1. The number of hydrogen-bond acceptors (Lipinski definition) is 5. The van der Waals surface area contributed by atoms with Gasteiger partial charge in [-0.25, -0.2) is 12.8 Å². The van der Waals surface area contributed by atoms with Crippen LogP contribution in [0.25, 0.3) is 0 Å². The topological polar surface area (TPSA) is 84.9 Å². The van der Waals surface area contributed by atoms with Gasteiger partial charge in [0.1, 0.15) is 30.5 Å². The first-order valence-electron chi connectivity index (χ1n) is 10.2. The minimum Gasteiger partial charge on any atom is -0.497 e. The molecule has 0 heterocycles. The van der Waals surface area contributed by atoms with Gasteiger partial charge in [0.25, 0.3) is 10.0 Å². The third-order valence-electron chi connectivity index (χ3n) is 4.70. The van der Waals surface area contributed by atoms with Crippen LogP contribution in [0.15, 0.2) is 83.8 Å². The molecule has 9 heteroatoms. The molecule has 33 heavy (non-hydrogen) atoms. The molecule has 1 N–H and O–H groups in total. The number of amides is 1. The van der Waals surface area contributed by atoms with E-state index in [-0.39, 0.29) is 17.2 Å². The molecule has 0 aliphatic rings. The highest BCUT2D eigenvalue weighted by atomic mass is 32.2. The van der Waals surface area contributed by atoms with E-state index in [1.165, 1.54) is 24.3 Å². The lowest BCUT2D eigenvalue weighted by atomic mass is 10.3. The van der Waals surface area contributed by atoms with Crippen LogP contribution in [-0.4, -0.2) is 40.6 Å². The van der Waals surface area contributed by atoms with Crippen molar-refractivity contribution >= 4 is 21.6 Å². The molecule has 1 unspecified atom stereocenters. The first-order valence-corrected chi connectivity index (χ1v) is 11.6. The fraction of sp³-hybridized carbons (Fsp3) is 0.208. The van der Waals surface area contributed by atoms with Crippen molar-refractivity contribution in [2.45, 2.75) is 17.9 Å². The Morgan fingerprint density at radius 2 is 1.58 bits per heavy atom. The van der Waals surface area contributed by atoms with Gasteiger partial charge in [-0.15, -0.1) is 0 Å². The Morgan fingerprint density at radius 1 is 0.970 bits per heavy atom. The van der Waals surface area contributed by atoms with Crippen LogP contribution in [-0.2, 0) is 14.8 Å². The van der Waals surface area contributed by atoms with Crippen LogP contribution in [0.2, 0.25) is 0 Å². The van der Waals surface area contributed by atoms with Crippen LogP contribution < -0.4 is 19.1 Å². The maximum atomic E-state index is 13.4. The molecule has 0 spiro atoms. The molecular weight excluding hydrogens is 447 g/mol. The van der Waals surface area contributed by atoms with Crippen molar-refractivity contribution in [3.8, 4) is 11.5 Å². The van der Waals surface area contributed by atoms with Gasteiger partial charge in [-0.05, 0) is 67.6 Å². The lowest BCUT2D eigenvalue weighted by Crippen LogP contribution is -2.45. The number of halogens is 1. The van der Waals surface area contributed by atoms with Gasteiger partial charge < -0.3 is 14.8 Å². The van der Waals surface area contributed by atoms with E-state index in [1.807, 2.05) is 0 Å². The van der Waals surface area contributed by atoms with Crippen LogP contribution in [0.3, 0.4) is 0 Å². The normalized spacial score (nSPS) is 12.0. The monoisotopic (exact) mass is 472 g/mol. The van der Waals surface area contributed by atoms with Gasteiger partial charge in [0.2, 0.25) is 5.91 Å². The van der Waals surface area contributed by atoms with E-state index >= 15 is 0 Å². The number of anilines is 1. The summed E-state index contributed by atoms with van der Waals surface area (Å²) in [6.07, 6.45) is 0. The quantitative estimate of drug-likeness (QED) is 0.487. The first-order chi connectivity index (χ1) is 15.8. The average molecular weight is 473 g/mol. The first kappa shape index (κ1) is 24.1. The molecular formula is C24H25FN2O5S. The highest BCUT2D eigenvalue weighted by Gasteiger charge is 2.27. The highest BCUT2D eigenvalue weighted by molar-refractivity contribution is 7.92. The minimum atomic E-state index is -4.05. The van der Waals surface area contributed by atoms with E-state index < -0.39 is 34.3 Å². The van der Waals surface area contributed by atoms with Crippen molar-refractivity contribution in [3.05, 3.63) is 84.7 Å². The average Bonchev–Trinajstić information content (AvgIpc) is 2.82. The van der Waals surface area contributed by atoms with Gasteiger partial charge in [0.05, 0.1) is 23.7 Å². The largest absolute Gasteiger partial charge is 0.497 e. The van der Waals surface area contributed by atoms with Crippen LogP contribution in [0.4, 0.5) is 10.1 Å². The van der Waals surface area contributed by atoms with Gasteiger partial charge in [-0.1, -0.05) is 18.2 Å². The summed E-state index contributed by atoms with van der Waals surface area (Å²) in [6.45, 7) is 1.45. The number of sulfonamides is 1. The second-order valence-corrected chi connectivity index (χ2v) is 9.12. The van der Waals surface area contributed by atoms with E-state index in [2.05, 4.69) is 5.32 Å². The molecule has 1 amide bonds. The zero-order valence-corrected chi connectivity index (χ0v) is 19.1. The van der Waals surface area contributed by atoms with Crippen LogP contribution >= 0.6 is 0 Å². The van der Waals surface area contributed by atoms with E-state index in [9.17, 15) is 17.6 Å². The third-order valence-corrected chi connectivity index (χ3v) is 6.49. The molecule has 0 aromatic heterocycles. The van der Waals surface area contributed by atoms with Crippen molar-refractivity contribution in [1.82, 2.24) is 5.32 Å². The Hall–Kier alpha value is -3.59. The molecule has 3 rings (SSSR count). The molecule has 0 aliphatic carbocycles. The molecule has 0 saturated heterocycles. The second-order valence-electron chi connectivity index (χ2n) is 7.26. The van der Waals surface area contributed by atoms with E-state index in [0.29, 0.717) is 11.5 Å². The van der Waals surface area contributed by atoms with E-state index in [4.69, 9.17) is 9.47 Å². The molecule has 3 aromatic rings. The smallest absolute Gasteiger partial charge is 0.264 e. The zero-order valence-electron chi connectivity index (χ0n) is 18.3. The summed E-state index contributed by atoms with van der Waals surface area (Å²) in [7, 11) is -2.48. The summed E-state index contributed by atoms with van der Waals surface area (Å²) in [5, 5.41) is 2.74. The predicted octanol–water partition coefficient (Wildman–Crippen LogP) is 3.61. The van der Waals surface area contributed by atoms with E-state index in [1.54, 1.807) is 56.5 Å². The number of hydrogen-bond donors (Lipinski definition) is 1. The summed E-state index contributed by atoms with van der Waals surface area (Å²) in [5.41, 5.74) is 0.178. The summed E-state index contributed by atoms with van der Waals surface area (Å²) in [5.74, 6) is 0.273. The lowest BCUT2D eigenvalue weighted by Gasteiger charge is -2.25. The number of nitrogens with one attached hydrogen (secondary N) is 1. The zero-order chi connectivity index (χ0) is 23.8. The molecule has 174 valence electrons. The Kier molecular flexibility index (Phi) is 7.89. The molecule has 1 atom stereocenters. The van der Waals surface area contributed by atoms with Crippen LogP contribution in [0, 0.1) is 5.82 Å². The molecule has 0 fully saturated rings. The van der Waals surface area contributed by atoms with E-state index in [0.717, 1.165) is 16.4 Å². The van der Waals surface area contributed by atoms with Crippen molar-refractivity contribution in [3.63, 3.8) is 0 Å². The predicted molar refractivity (Wildman–Crippen MR) is 123 cm³/mol. The number of carbonyl (C=O) groups is 1. The maximum absolute atomic E-state index is 13.4. The summed E-state index contributed by atoms with van der Waals surface area (Å²) in [6, 6.07) is 19.3. The van der Waals surface area contributed by atoms with Gasteiger partial charge in [0.15, 0.2) is 0 Å². The van der Waals surface area contributed by atoms with Crippen LogP contribution in [0.1, 0.15) is 6.92 Å². The molecule has 7 nitrogen and oxygen atoms in total. The molecule has 0 saturated carbocycles. The lowest BCUT2D eigenvalue weighted by molar-refractivity contribution is -0.120. The fourth-order valence-corrected chi connectivity index (χ4v) is 4.47. The fourth-order valence-electron chi connectivity index (χ4n) is 3.03. The number of nitrogens with zero attached hydrogens (tertiary/aromatic N) is 1. The Morgan fingerprint density at radius 3 is 2.18 bits per heavy atom. The van der Waals surface area contributed by atoms with Gasteiger partial charge >= 0.3 is 0 Å². The molecule has 0 aliphatic heterocycles. The summed E-state index contributed by atoms with van der Waals surface area (Å²) in [4.78, 5) is 12.7. The number of methoxy groups -OCH3 is 1. The standard InChI is InChI=1S/C24H25FN2O5S/c1-18(17-32-22-14-12-21(31-2)13-15-22)26-24(28)16-27(20-10-8-19(25)9-11-20)33(29,30)23-6-4-3-5-7-23/h3-15,18H,16-17H2,1-2H3,(H,26,28). The number of benzene rings is 3. The van der Waals surface area contributed by atoms with Gasteiger partial charge in [-0.3, -0.25) is 9.10 Å². The van der Waals surface area contributed by atoms with Gasteiger partial charge in [-0.2, -0.15) is 0 Å². The van der Waals surface area contributed by atoms with Crippen molar-refractivity contribution in [2.24, 2.45) is 0 Å². The minimum absolute atomic E-state index is 0.0259. The number of ether oxygens (including phenoxy) is 2. The molecule has 3 aromatic carbocycles. The Balaban J connectivity index is 1.69.